The Labute approximate surface area is 154 Å². The smallest absolute Gasteiger partial charge is 0.230 e. The fourth-order valence-electron chi connectivity index (χ4n) is 4.12. The van der Waals surface area contributed by atoms with E-state index in [1.54, 1.807) is 7.11 Å². The third-order valence-corrected chi connectivity index (χ3v) is 5.98. The van der Waals surface area contributed by atoms with E-state index in [9.17, 15) is 4.79 Å². The predicted molar refractivity (Wildman–Crippen MR) is 102 cm³/mol. The van der Waals surface area contributed by atoms with Gasteiger partial charge in [0.1, 0.15) is 5.82 Å². The Balaban J connectivity index is 1.46. The van der Waals surface area contributed by atoms with E-state index in [4.69, 9.17) is 4.74 Å². The summed E-state index contributed by atoms with van der Waals surface area (Å²) in [7, 11) is 1.69. The van der Waals surface area contributed by atoms with Gasteiger partial charge in [-0.3, -0.25) is 4.79 Å². The zero-order chi connectivity index (χ0) is 18.0. The number of carbonyl (C=O) groups is 1. The Kier molecular flexibility index (Phi) is 4.81. The number of ether oxygens (including phenoxy) is 1. The molecule has 2 heterocycles. The van der Waals surface area contributed by atoms with Crippen LogP contribution in [0.15, 0.2) is 30.5 Å². The molecule has 2 aliphatic rings. The van der Waals surface area contributed by atoms with Gasteiger partial charge in [0, 0.05) is 43.4 Å². The number of anilines is 1. The van der Waals surface area contributed by atoms with Gasteiger partial charge in [-0.05, 0) is 62.8 Å². The first-order valence-electron chi connectivity index (χ1n) is 9.67. The average molecular weight is 353 g/mol. The summed E-state index contributed by atoms with van der Waals surface area (Å²) in [4.78, 5) is 17.4. The van der Waals surface area contributed by atoms with Crippen LogP contribution in [0.3, 0.4) is 0 Å². The van der Waals surface area contributed by atoms with Crippen molar-refractivity contribution in [3.63, 3.8) is 0 Å². The van der Waals surface area contributed by atoms with Crippen LogP contribution in [-0.2, 0) is 22.5 Å². The minimum Gasteiger partial charge on any atom is -0.385 e. The van der Waals surface area contributed by atoms with Gasteiger partial charge in [0.2, 0.25) is 5.91 Å². The van der Waals surface area contributed by atoms with Gasteiger partial charge >= 0.3 is 0 Å². The molecule has 5 nitrogen and oxygen atoms in total. The zero-order valence-corrected chi connectivity index (χ0v) is 15.5. The van der Waals surface area contributed by atoms with Crippen LogP contribution in [0.1, 0.15) is 44.2 Å². The Morgan fingerprint density at radius 3 is 2.73 bits per heavy atom. The van der Waals surface area contributed by atoms with Crippen LogP contribution in [0.4, 0.5) is 5.69 Å². The van der Waals surface area contributed by atoms with E-state index in [0.717, 1.165) is 55.7 Å². The lowest BCUT2D eigenvalue weighted by molar-refractivity contribution is -0.131. The molecule has 1 fully saturated rings. The zero-order valence-electron chi connectivity index (χ0n) is 15.5. The summed E-state index contributed by atoms with van der Waals surface area (Å²) < 4.78 is 7.51. The largest absolute Gasteiger partial charge is 0.385 e. The quantitative estimate of drug-likeness (QED) is 0.853. The van der Waals surface area contributed by atoms with Crippen LogP contribution in [0.25, 0.3) is 11.4 Å². The normalized spacial score (nSPS) is 18.0. The van der Waals surface area contributed by atoms with Crippen molar-refractivity contribution >= 4 is 11.6 Å². The van der Waals surface area contributed by atoms with Crippen LogP contribution in [0.2, 0.25) is 0 Å². The molecule has 138 valence electrons. The number of rotatable bonds is 6. The number of benzene rings is 1. The minimum atomic E-state index is -0.239. The molecule has 4 rings (SSSR count). The van der Waals surface area contributed by atoms with Crippen LogP contribution < -0.4 is 5.32 Å². The predicted octanol–water partition coefficient (Wildman–Crippen LogP) is 4.03. The van der Waals surface area contributed by atoms with Crippen LogP contribution >= 0.6 is 0 Å². The second-order valence-electron chi connectivity index (χ2n) is 7.59. The monoisotopic (exact) mass is 353 g/mol. The lowest BCUT2D eigenvalue weighted by Crippen LogP contribution is -2.42. The van der Waals surface area contributed by atoms with Crippen molar-refractivity contribution in [3.8, 4) is 11.4 Å². The minimum absolute atomic E-state index is 0.131. The van der Waals surface area contributed by atoms with E-state index in [1.807, 2.05) is 18.3 Å². The lowest BCUT2D eigenvalue weighted by Gasteiger charge is -2.40. The number of carbonyl (C=O) groups excluding carboxylic acids is 1. The van der Waals surface area contributed by atoms with Gasteiger partial charge in [-0.2, -0.15) is 0 Å². The Morgan fingerprint density at radius 2 is 2.04 bits per heavy atom. The first-order valence-corrected chi connectivity index (χ1v) is 9.67. The van der Waals surface area contributed by atoms with Crippen LogP contribution in [0, 0.1) is 5.41 Å². The molecule has 1 saturated carbocycles. The number of fused-ring (bicyclic) bond motifs is 1. The summed E-state index contributed by atoms with van der Waals surface area (Å²) in [6.07, 6.45) is 9.43. The molecule has 26 heavy (non-hydrogen) atoms. The molecular weight excluding hydrogens is 326 g/mol. The Bertz CT molecular complexity index is 775. The SMILES string of the molecule is COCCC1(C(=O)Nc2ccc(-c3ncc4n3CCCC4)cc2)CCC1. The molecular formula is C21H27N3O2. The number of imidazole rings is 1. The number of hydrogen-bond acceptors (Lipinski definition) is 3. The summed E-state index contributed by atoms with van der Waals surface area (Å²) >= 11 is 0. The number of amides is 1. The molecule has 0 atom stereocenters. The molecule has 1 aromatic heterocycles. The fourth-order valence-corrected chi connectivity index (χ4v) is 4.12. The van der Waals surface area contributed by atoms with E-state index < -0.39 is 0 Å². The van der Waals surface area contributed by atoms with Crippen molar-refractivity contribution in [2.24, 2.45) is 5.41 Å². The number of nitrogens with zero attached hydrogens (tertiary/aromatic N) is 2. The van der Waals surface area contributed by atoms with Gasteiger partial charge in [-0.15, -0.1) is 0 Å². The second kappa shape index (κ2) is 7.23. The summed E-state index contributed by atoms with van der Waals surface area (Å²) in [6, 6.07) is 8.09. The van der Waals surface area contributed by atoms with Crippen LogP contribution in [-0.4, -0.2) is 29.2 Å². The molecule has 0 unspecified atom stereocenters. The van der Waals surface area contributed by atoms with Gasteiger partial charge in [0.15, 0.2) is 0 Å². The van der Waals surface area contributed by atoms with Gasteiger partial charge in [0.25, 0.3) is 0 Å². The maximum absolute atomic E-state index is 12.7. The van der Waals surface area contributed by atoms with E-state index in [0.29, 0.717) is 6.61 Å². The maximum atomic E-state index is 12.7. The topological polar surface area (TPSA) is 56.1 Å². The van der Waals surface area contributed by atoms with E-state index in [2.05, 4.69) is 27.0 Å². The molecule has 0 saturated heterocycles. The van der Waals surface area contributed by atoms with Gasteiger partial charge in [-0.1, -0.05) is 6.42 Å². The van der Waals surface area contributed by atoms with Crippen LogP contribution in [0.5, 0.6) is 0 Å². The fraction of sp³-hybridized carbons (Fsp3) is 0.524. The Morgan fingerprint density at radius 1 is 1.23 bits per heavy atom. The molecule has 1 aromatic carbocycles. The molecule has 2 aromatic rings. The summed E-state index contributed by atoms with van der Waals surface area (Å²) in [6.45, 7) is 1.68. The highest BCUT2D eigenvalue weighted by Crippen LogP contribution is 2.44. The number of hydrogen-bond donors (Lipinski definition) is 1. The maximum Gasteiger partial charge on any atom is 0.230 e. The van der Waals surface area contributed by atoms with Crippen molar-refractivity contribution in [1.82, 2.24) is 9.55 Å². The third-order valence-electron chi connectivity index (χ3n) is 5.98. The highest BCUT2D eigenvalue weighted by Gasteiger charge is 2.43. The molecule has 0 spiro atoms. The highest BCUT2D eigenvalue weighted by atomic mass is 16.5. The van der Waals surface area contributed by atoms with Gasteiger partial charge in [0.05, 0.1) is 5.41 Å². The van der Waals surface area contributed by atoms with Crippen molar-refractivity contribution in [1.29, 1.82) is 0 Å². The molecule has 1 aliphatic carbocycles. The average Bonchev–Trinajstić information content (AvgIpc) is 3.06. The van der Waals surface area contributed by atoms with Crippen molar-refractivity contribution < 1.29 is 9.53 Å². The molecule has 0 bridgehead atoms. The molecule has 0 radical (unpaired) electrons. The first-order chi connectivity index (χ1) is 12.7. The molecule has 1 aliphatic heterocycles. The first kappa shape index (κ1) is 17.3. The second-order valence-corrected chi connectivity index (χ2v) is 7.59. The van der Waals surface area contributed by atoms with E-state index >= 15 is 0 Å². The van der Waals surface area contributed by atoms with Crippen molar-refractivity contribution in [3.05, 3.63) is 36.2 Å². The highest BCUT2D eigenvalue weighted by molar-refractivity contribution is 5.96. The van der Waals surface area contributed by atoms with Gasteiger partial charge in [-0.25, -0.2) is 4.98 Å². The van der Waals surface area contributed by atoms with E-state index in [-0.39, 0.29) is 11.3 Å². The van der Waals surface area contributed by atoms with Crippen molar-refractivity contribution in [2.75, 3.05) is 19.0 Å². The summed E-state index contributed by atoms with van der Waals surface area (Å²) in [5, 5.41) is 3.11. The number of methoxy groups -OCH3 is 1. The number of nitrogens with one attached hydrogen (secondary N) is 1. The molecule has 1 N–H and O–H groups in total. The lowest BCUT2D eigenvalue weighted by atomic mass is 9.66. The van der Waals surface area contributed by atoms with Crippen molar-refractivity contribution in [2.45, 2.75) is 51.5 Å². The third kappa shape index (κ3) is 3.16. The standard InChI is InChI=1S/C21H27N3O2/c1-26-14-12-21(10-4-11-21)20(25)23-17-8-6-16(7-9-17)19-22-15-18-5-2-3-13-24(18)19/h6-9,15H,2-5,10-14H2,1H3,(H,23,25). The number of aromatic nitrogens is 2. The summed E-state index contributed by atoms with van der Waals surface area (Å²) in [5.41, 5.74) is 3.05. The van der Waals surface area contributed by atoms with Gasteiger partial charge < -0.3 is 14.6 Å². The van der Waals surface area contributed by atoms with E-state index in [1.165, 1.54) is 18.5 Å². The Hall–Kier alpha value is -2.14. The molecule has 5 heteroatoms. The summed E-state index contributed by atoms with van der Waals surface area (Å²) in [5.74, 6) is 1.17. The number of aryl methyl sites for hydroxylation is 1. The molecule has 1 amide bonds.